The third kappa shape index (κ3) is 1.83. The molecule has 136 valence electrons. The highest BCUT2D eigenvalue weighted by molar-refractivity contribution is 5.60. The number of aromatic hydroxyl groups is 1. The highest BCUT2D eigenvalue weighted by atomic mass is 16.7. The van der Waals surface area contributed by atoms with Crippen molar-refractivity contribution in [3.63, 3.8) is 0 Å². The third-order valence-corrected chi connectivity index (χ3v) is 6.12. The van der Waals surface area contributed by atoms with Gasteiger partial charge in [-0.25, -0.2) is 0 Å². The number of benzene rings is 2. The molecule has 0 aromatic heterocycles. The molecule has 26 heavy (non-hydrogen) atoms. The fraction of sp³-hybridized carbons (Fsp3) is 0.400. The van der Waals surface area contributed by atoms with Crippen LogP contribution < -0.4 is 14.2 Å². The Labute approximate surface area is 151 Å². The number of ether oxygens (including phenoxy) is 3. The Kier molecular flexibility index (Phi) is 3.21. The van der Waals surface area contributed by atoms with Gasteiger partial charge >= 0.3 is 0 Å². The van der Waals surface area contributed by atoms with E-state index in [9.17, 15) is 10.2 Å². The minimum absolute atomic E-state index is 0.0916. The predicted octanol–water partition coefficient (Wildman–Crippen LogP) is 2.10. The van der Waals surface area contributed by atoms with Gasteiger partial charge in [0.05, 0.1) is 12.6 Å². The lowest BCUT2D eigenvalue weighted by atomic mass is 9.77. The van der Waals surface area contributed by atoms with Gasteiger partial charge in [-0.1, -0.05) is 6.07 Å². The summed E-state index contributed by atoms with van der Waals surface area (Å²) in [6.07, 6.45) is 0.714. The van der Waals surface area contributed by atoms with Crippen molar-refractivity contribution in [2.24, 2.45) is 0 Å². The zero-order valence-corrected chi connectivity index (χ0v) is 14.8. The van der Waals surface area contributed by atoms with Crippen LogP contribution in [0, 0.1) is 0 Å². The van der Waals surface area contributed by atoms with Gasteiger partial charge in [0, 0.05) is 12.1 Å². The number of methoxy groups -OCH3 is 1. The van der Waals surface area contributed by atoms with Crippen molar-refractivity contribution in [2.45, 2.75) is 24.5 Å². The summed E-state index contributed by atoms with van der Waals surface area (Å²) in [6.45, 7) is 0.988. The van der Waals surface area contributed by atoms with Crippen molar-refractivity contribution < 1.29 is 24.4 Å². The molecule has 2 aliphatic heterocycles. The smallest absolute Gasteiger partial charge is 0.231 e. The van der Waals surface area contributed by atoms with E-state index in [1.54, 1.807) is 13.2 Å². The number of nitrogens with zero attached hydrogens (tertiary/aromatic N) is 1. The van der Waals surface area contributed by atoms with Crippen LogP contribution in [0.4, 0.5) is 0 Å². The molecule has 0 bridgehead atoms. The average Bonchev–Trinajstić information content (AvgIpc) is 3.22. The van der Waals surface area contributed by atoms with Crippen molar-refractivity contribution in [3.05, 3.63) is 46.5 Å². The van der Waals surface area contributed by atoms with Gasteiger partial charge in [0.25, 0.3) is 0 Å². The van der Waals surface area contributed by atoms with Gasteiger partial charge in [0.2, 0.25) is 6.79 Å². The van der Waals surface area contributed by atoms with Crippen molar-refractivity contribution in [1.29, 1.82) is 0 Å². The number of aliphatic hydroxyl groups excluding tert-OH is 1. The number of rotatable bonds is 1. The first-order valence-electron chi connectivity index (χ1n) is 8.77. The zero-order chi connectivity index (χ0) is 18.1. The molecule has 0 radical (unpaired) electrons. The van der Waals surface area contributed by atoms with Gasteiger partial charge in [-0.3, -0.25) is 4.90 Å². The third-order valence-electron chi connectivity index (χ3n) is 6.12. The Morgan fingerprint density at radius 2 is 2.08 bits per heavy atom. The second-order valence-electron chi connectivity index (χ2n) is 7.23. The van der Waals surface area contributed by atoms with E-state index >= 15 is 0 Å². The quantitative estimate of drug-likeness (QED) is 0.816. The number of phenols is 1. The Balaban J connectivity index is 1.72. The first-order valence-corrected chi connectivity index (χ1v) is 8.77. The topological polar surface area (TPSA) is 71.4 Å². The van der Waals surface area contributed by atoms with Gasteiger partial charge in [0.15, 0.2) is 23.0 Å². The van der Waals surface area contributed by atoms with Crippen LogP contribution in [0.3, 0.4) is 0 Å². The summed E-state index contributed by atoms with van der Waals surface area (Å²) in [6, 6.07) is 7.55. The highest BCUT2D eigenvalue weighted by Crippen LogP contribution is 2.57. The lowest BCUT2D eigenvalue weighted by Gasteiger charge is -2.46. The SMILES string of the molecule is COc1cc2c(cc1O)[C@@]1(Cc3ccc4c(c3[C@H]1O)OCO4)N(C)CC2. The maximum Gasteiger partial charge on any atom is 0.231 e. The van der Waals surface area contributed by atoms with Crippen molar-refractivity contribution in [1.82, 2.24) is 4.90 Å². The molecule has 1 spiro atoms. The largest absolute Gasteiger partial charge is 0.504 e. The highest BCUT2D eigenvalue weighted by Gasteiger charge is 2.54. The average molecular weight is 355 g/mol. The summed E-state index contributed by atoms with van der Waals surface area (Å²) in [7, 11) is 3.57. The fourth-order valence-corrected chi connectivity index (χ4v) is 4.78. The van der Waals surface area contributed by atoms with E-state index < -0.39 is 11.6 Å². The Morgan fingerprint density at radius 3 is 2.88 bits per heavy atom. The van der Waals surface area contributed by atoms with Crippen LogP contribution in [0.1, 0.15) is 28.4 Å². The summed E-state index contributed by atoms with van der Waals surface area (Å²) < 4.78 is 16.4. The van der Waals surface area contributed by atoms with Crippen LogP contribution in [0.2, 0.25) is 0 Å². The molecule has 2 aromatic carbocycles. The second kappa shape index (κ2) is 5.28. The van der Waals surface area contributed by atoms with Gasteiger partial charge in [-0.15, -0.1) is 0 Å². The molecule has 0 saturated heterocycles. The molecule has 0 unspecified atom stereocenters. The summed E-state index contributed by atoms with van der Waals surface area (Å²) in [5.41, 5.74) is 3.26. The number of hydrogen-bond donors (Lipinski definition) is 2. The Morgan fingerprint density at radius 1 is 1.23 bits per heavy atom. The minimum Gasteiger partial charge on any atom is -0.504 e. The van der Waals surface area contributed by atoms with E-state index in [1.807, 2.05) is 25.2 Å². The standard InChI is InChI=1S/C20H21NO5/c1-21-6-5-11-7-16(24-2)14(22)8-13(11)20(21)9-12-3-4-15-18(26-10-25-15)17(12)19(20)23/h3-4,7-8,19,22-23H,5-6,9-10H2,1-2H3/t19-,20-/m1/s1. The molecule has 2 N–H and O–H groups in total. The van der Waals surface area contributed by atoms with Gasteiger partial charge in [-0.2, -0.15) is 0 Å². The first kappa shape index (κ1) is 15.8. The number of hydrogen-bond acceptors (Lipinski definition) is 6. The van der Waals surface area contributed by atoms with E-state index in [0.717, 1.165) is 35.2 Å². The second-order valence-corrected chi connectivity index (χ2v) is 7.23. The molecular formula is C20H21NO5. The van der Waals surface area contributed by atoms with Crippen molar-refractivity contribution in [2.75, 3.05) is 27.5 Å². The molecule has 2 atom stereocenters. The molecule has 6 heteroatoms. The molecule has 0 amide bonds. The van der Waals surface area contributed by atoms with Crippen LogP contribution in [-0.4, -0.2) is 42.6 Å². The number of aliphatic hydroxyl groups is 1. The predicted molar refractivity (Wildman–Crippen MR) is 93.9 cm³/mol. The van der Waals surface area contributed by atoms with Crippen molar-refractivity contribution in [3.8, 4) is 23.0 Å². The number of phenolic OH excluding ortho intramolecular Hbond substituents is 1. The molecule has 1 aliphatic carbocycles. The van der Waals surface area contributed by atoms with Gasteiger partial charge in [0.1, 0.15) is 6.10 Å². The summed E-state index contributed by atoms with van der Waals surface area (Å²) >= 11 is 0. The summed E-state index contributed by atoms with van der Waals surface area (Å²) in [5.74, 6) is 1.88. The molecular weight excluding hydrogens is 334 g/mol. The molecule has 2 aromatic rings. The number of fused-ring (bicyclic) bond motifs is 5. The van der Waals surface area contributed by atoms with Crippen LogP contribution >= 0.6 is 0 Å². The fourth-order valence-electron chi connectivity index (χ4n) is 4.78. The lowest BCUT2D eigenvalue weighted by Crippen LogP contribution is -2.51. The normalized spacial score (nSPS) is 26.0. The maximum atomic E-state index is 11.5. The van der Waals surface area contributed by atoms with Crippen LogP contribution in [-0.2, 0) is 18.4 Å². The minimum atomic E-state index is -0.772. The number of likely N-dealkylation sites (N-methyl/N-ethyl adjacent to an activating group) is 1. The van der Waals surface area contributed by atoms with Gasteiger partial charge < -0.3 is 24.4 Å². The molecule has 2 heterocycles. The monoisotopic (exact) mass is 355 g/mol. The van der Waals surface area contributed by atoms with Crippen LogP contribution in [0.25, 0.3) is 0 Å². The molecule has 0 fully saturated rings. The maximum absolute atomic E-state index is 11.5. The molecule has 5 rings (SSSR count). The van der Waals surface area contributed by atoms with Crippen LogP contribution in [0.15, 0.2) is 24.3 Å². The van der Waals surface area contributed by atoms with Gasteiger partial charge in [-0.05, 0) is 54.8 Å². The first-order chi connectivity index (χ1) is 12.6. The van der Waals surface area contributed by atoms with E-state index in [0.29, 0.717) is 23.7 Å². The Bertz CT molecular complexity index is 912. The van der Waals surface area contributed by atoms with Crippen LogP contribution in [0.5, 0.6) is 23.0 Å². The lowest BCUT2D eigenvalue weighted by molar-refractivity contribution is -0.0206. The molecule has 0 saturated carbocycles. The van der Waals surface area contributed by atoms with E-state index in [2.05, 4.69) is 4.90 Å². The zero-order valence-electron chi connectivity index (χ0n) is 14.8. The van der Waals surface area contributed by atoms with Crippen molar-refractivity contribution >= 4 is 0 Å². The van der Waals surface area contributed by atoms with E-state index in [-0.39, 0.29) is 12.5 Å². The molecule has 3 aliphatic rings. The summed E-state index contributed by atoms with van der Waals surface area (Å²) in [5, 5.41) is 21.8. The van der Waals surface area contributed by atoms with E-state index in [1.165, 1.54) is 0 Å². The Hall–Kier alpha value is -2.44. The molecule has 6 nitrogen and oxygen atoms in total. The van der Waals surface area contributed by atoms with E-state index in [4.69, 9.17) is 14.2 Å². The summed E-state index contributed by atoms with van der Waals surface area (Å²) in [4.78, 5) is 2.19.